The molecule has 184 valence electrons. The number of hydrogen-bond donors (Lipinski definition) is 1. The zero-order chi connectivity index (χ0) is 25.7. The quantitative estimate of drug-likeness (QED) is 0.262. The molecule has 1 heterocycles. The Labute approximate surface area is 224 Å². The number of halogens is 1. The smallest absolute Gasteiger partial charge is 0.270 e. The topological polar surface area (TPSA) is 67.9 Å². The number of thiocarbonyl (C=S) groups is 1. The van der Waals surface area contributed by atoms with E-state index in [9.17, 15) is 9.59 Å². The minimum absolute atomic E-state index is 0.147. The first kappa shape index (κ1) is 25.8. The maximum Gasteiger partial charge on any atom is 0.270 e. The molecule has 6 nitrogen and oxygen atoms in total. The third kappa shape index (κ3) is 6.07. The van der Waals surface area contributed by atoms with Crippen LogP contribution in [0.5, 0.6) is 11.5 Å². The number of ether oxygens (including phenoxy) is 2. The van der Waals surface area contributed by atoms with Gasteiger partial charge in [-0.2, -0.15) is 0 Å². The predicted molar refractivity (Wildman–Crippen MR) is 150 cm³/mol. The Bertz CT molecular complexity index is 1320. The normalized spacial score (nSPS) is 14.3. The van der Waals surface area contributed by atoms with E-state index in [1.807, 2.05) is 50.2 Å². The van der Waals surface area contributed by atoms with Crippen LogP contribution in [0.15, 0.2) is 71.6 Å². The molecule has 36 heavy (non-hydrogen) atoms. The molecule has 0 unspecified atom stereocenters. The first-order chi connectivity index (χ1) is 17.4. The van der Waals surface area contributed by atoms with Crippen LogP contribution < -0.4 is 19.7 Å². The Morgan fingerprint density at radius 3 is 2.42 bits per heavy atom. The van der Waals surface area contributed by atoms with Crippen molar-refractivity contribution in [3.05, 3.63) is 87.8 Å². The lowest BCUT2D eigenvalue weighted by atomic mass is 10.2. The third-order valence-electron chi connectivity index (χ3n) is 5.29. The molecular weight excluding hydrogens is 516 g/mol. The SMILES string of the molecule is CCOc1ccc(N2C(=O)/C(=C/c3ccc(OCC(=O)Nc4cccc(Cl)c4C)cc3)SC2=S)cc1. The molecule has 0 atom stereocenters. The van der Waals surface area contributed by atoms with Gasteiger partial charge in [0.25, 0.3) is 11.8 Å². The van der Waals surface area contributed by atoms with Crippen molar-refractivity contribution in [1.82, 2.24) is 0 Å². The molecule has 0 aromatic heterocycles. The van der Waals surface area contributed by atoms with E-state index >= 15 is 0 Å². The molecular formula is C27H23ClN2O4S2. The number of hydrogen-bond acceptors (Lipinski definition) is 6. The van der Waals surface area contributed by atoms with E-state index in [1.165, 1.54) is 16.7 Å². The molecule has 0 radical (unpaired) electrons. The lowest BCUT2D eigenvalue weighted by Gasteiger charge is -2.15. The Morgan fingerprint density at radius 2 is 1.72 bits per heavy atom. The number of anilines is 2. The van der Waals surface area contributed by atoms with Crippen LogP contribution in [0.3, 0.4) is 0 Å². The number of rotatable bonds is 8. The minimum Gasteiger partial charge on any atom is -0.494 e. The molecule has 1 aliphatic rings. The number of nitrogens with one attached hydrogen (secondary N) is 1. The van der Waals surface area contributed by atoms with E-state index in [2.05, 4.69) is 5.32 Å². The molecule has 3 aromatic rings. The van der Waals surface area contributed by atoms with Gasteiger partial charge in [0.1, 0.15) is 11.5 Å². The highest BCUT2D eigenvalue weighted by molar-refractivity contribution is 8.27. The van der Waals surface area contributed by atoms with Crippen molar-refractivity contribution in [2.24, 2.45) is 0 Å². The third-order valence-corrected chi connectivity index (χ3v) is 7.00. The van der Waals surface area contributed by atoms with Crippen molar-refractivity contribution in [2.45, 2.75) is 13.8 Å². The van der Waals surface area contributed by atoms with Gasteiger partial charge in [0, 0.05) is 10.7 Å². The second-order valence-electron chi connectivity index (χ2n) is 7.76. The van der Waals surface area contributed by atoms with Gasteiger partial charge in [-0.1, -0.05) is 53.8 Å². The van der Waals surface area contributed by atoms with Crippen LogP contribution >= 0.6 is 35.6 Å². The molecule has 0 spiro atoms. The number of thioether (sulfide) groups is 1. The summed E-state index contributed by atoms with van der Waals surface area (Å²) in [4.78, 5) is 27.3. The largest absolute Gasteiger partial charge is 0.494 e. The summed E-state index contributed by atoms with van der Waals surface area (Å²) in [5, 5.41) is 3.38. The number of amides is 2. The van der Waals surface area contributed by atoms with E-state index in [4.69, 9.17) is 33.3 Å². The summed E-state index contributed by atoms with van der Waals surface area (Å²) in [5.74, 6) is 0.804. The summed E-state index contributed by atoms with van der Waals surface area (Å²) in [5.41, 5.74) is 2.95. The summed E-state index contributed by atoms with van der Waals surface area (Å²) >= 11 is 12.8. The molecule has 0 bridgehead atoms. The zero-order valence-corrected chi connectivity index (χ0v) is 22.0. The van der Waals surface area contributed by atoms with Crippen LogP contribution in [-0.2, 0) is 9.59 Å². The number of carbonyl (C=O) groups excluding carboxylic acids is 2. The summed E-state index contributed by atoms with van der Waals surface area (Å²) in [7, 11) is 0. The monoisotopic (exact) mass is 538 g/mol. The Hall–Kier alpha value is -3.33. The summed E-state index contributed by atoms with van der Waals surface area (Å²) < 4.78 is 11.5. The van der Waals surface area contributed by atoms with E-state index in [1.54, 1.807) is 36.4 Å². The molecule has 3 aromatic carbocycles. The maximum atomic E-state index is 13.0. The first-order valence-corrected chi connectivity index (χ1v) is 12.7. The van der Waals surface area contributed by atoms with Crippen LogP contribution in [0, 0.1) is 6.92 Å². The lowest BCUT2D eigenvalue weighted by molar-refractivity contribution is -0.118. The maximum absolute atomic E-state index is 13.0. The average Bonchev–Trinajstić information content (AvgIpc) is 3.15. The Morgan fingerprint density at radius 1 is 1.06 bits per heavy atom. The highest BCUT2D eigenvalue weighted by atomic mass is 35.5. The predicted octanol–water partition coefficient (Wildman–Crippen LogP) is 6.47. The number of nitrogens with zero attached hydrogens (tertiary/aromatic N) is 1. The van der Waals surface area contributed by atoms with Gasteiger partial charge < -0.3 is 14.8 Å². The van der Waals surface area contributed by atoms with Crippen LogP contribution in [-0.4, -0.2) is 29.3 Å². The van der Waals surface area contributed by atoms with Gasteiger partial charge in [-0.15, -0.1) is 0 Å². The summed E-state index contributed by atoms with van der Waals surface area (Å²) in [6, 6.07) is 19.7. The van der Waals surface area contributed by atoms with Crippen LogP contribution in [0.4, 0.5) is 11.4 Å². The van der Waals surface area contributed by atoms with E-state index in [0.717, 1.165) is 16.9 Å². The van der Waals surface area contributed by atoms with Crippen molar-refractivity contribution in [3.8, 4) is 11.5 Å². The summed E-state index contributed by atoms with van der Waals surface area (Å²) in [6.07, 6.45) is 1.78. The second kappa shape index (κ2) is 11.6. The number of carbonyl (C=O) groups is 2. The molecule has 0 aliphatic carbocycles. The molecule has 1 aliphatic heterocycles. The zero-order valence-electron chi connectivity index (χ0n) is 19.6. The number of benzene rings is 3. The molecule has 2 amide bonds. The Kier molecular flexibility index (Phi) is 8.30. The molecule has 1 fully saturated rings. The fourth-order valence-corrected chi connectivity index (χ4v) is 4.91. The van der Waals surface area contributed by atoms with Gasteiger partial charge in [-0.25, -0.2) is 0 Å². The van der Waals surface area contributed by atoms with E-state index < -0.39 is 0 Å². The van der Waals surface area contributed by atoms with Crippen molar-refractivity contribution >= 4 is 69.2 Å². The molecule has 0 saturated carbocycles. The van der Waals surface area contributed by atoms with Gasteiger partial charge in [0.2, 0.25) is 0 Å². The standard InChI is InChI=1S/C27H23ClN2O4S2/c1-3-33-20-13-9-19(10-14-20)30-26(32)24(36-27(30)35)15-18-7-11-21(12-8-18)34-16-25(31)29-23-6-4-5-22(28)17(23)2/h4-15H,3,16H2,1-2H3,(H,29,31)/b24-15-. The van der Waals surface area contributed by atoms with Gasteiger partial charge in [-0.3, -0.25) is 14.5 Å². The van der Waals surface area contributed by atoms with Gasteiger partial charge >= 0.3 is 0 Å². The van der Waals surface area contributed by atoms with Gasteiger partial charge in [-0.05, 0) is 79.6 Å². The van der Waals surface area contributed by atoms with E-state index in [0.29, 0.717) is 38.0 Å². The molecule has 1 saturated heterocycles. The van der Waals surface area contributed by atoms with Crippen molar-refractivity contribution in [2.75, 3.05) is 23.4 Å². The fraction of sp³-hybridized carbons (Fsp3) is 0.148. The summed E-state index contributed by atoms with van der Waals surface area (Å²) in [6.45, 7) is 4.18. The van der Waals surface area contributed by atoms with Gasteiger partial charge in [0.15, 0.2) is 10.9 Å². The van der Waals surface area contributed by atoms with Crippen LogP contribution in [0.25, 0.3) is 6.08 Å². The molecule has 1 N–H and O–H groups in total. The molecule has 9 heteroatoms. The molecule has 4 rings (SSSR count). The van der Waals surface area contributed by atoms with Crippen LogP contribution in [0.1, 0.15) is 18.1 Å². The minimum atomic E-state index is -0.289. The lowest BCUT2D eigenvalue weighted by Crippen LogP contribution is -2.27. The first-order valence-electron chi connectivity index (χ1n) is 11.1. The highest BCUT2D eigenvalue weighted by Crippen LogP contribution is 2.36. The average molecular weight is 539 g/mol. The van der Waals surface area contributed by atoms with Gasteiger partial charge in [0.05, 0.1) is 17.2 Å². The van der Waals surface area contributed by atoms with Crippen molar-refractivity contribution < 1.29 is 19.1 Å². The second-order valence-corrected chi connectivity index (χ2v) is 9.85. The van der Waals surface area contributed by atoms with Crippen LogP contribution in [0.2, 0.25) is 5.02 Å². The van der Waals surface area contributed by atoms with Crippen molar-refractivity contribution in [1.29, 1.82) is 0 Å². The Balaban J connectivity index is 1.36. The highest BCUT2D eigenvalue weighted by Gasteiger charge is 2.33. The fourth-order valence-electron chi connectivity index (χ4n) is 3.44. The van der Waals surface area contributed by atoms with E-state index in [-0.39, 0.29) is 18.4 Å². The van der Waals surface area contributed by atoms with Crippen molar-refractivity contribution in [3.63, 3.8) is 0 Å².